The Morgan fingerprint density at radius 1 is 0.972 bits per heavy atom. The van der Waals surface area contributed by atoms with Crippen molar-refractivity contribution in [2.75, 3.05) is 44.7 Å². The Hall–Kier alpha value is -2.75. The Kier molecular flexibility index (Phi) is 6.09. The number of para-hydroxylation sites is 1. The van der Waals surface area contributed by atoms with Crippen LogP contribution in [0.4, 0.5) is 5.82 Å². The summed E-state index contributed by atoms with van der Waals surface area (Å²) in [7, 11) is -1.97. The zero-order valence-electron chi connectivity index (χ0n) is 20.9. The zero-order chi connectivity index (χ0) is 24.9. The van der Waals surface area contributed by atoms with Crippen molar-refractivity contribution in [1.82, 2.24) is 19.2 Å². The van der Waals surface area contributed by atoms with Gasteiger partial charge in [0.05, 0.1) is 23.6 Å². The van der Waals surface area contributed by atoms with E-state index in [1.807, 2.05) is 6.07 Å². The number of methoxy groups -OCH3 is 1. The molecule has 3 aliphatic rings. The lowest BCUT2D eigenvalue weighted by molar-refractivity contribution is 0.141. The largest absolute Gasteiger partial charge is 0.497 e. The van der Waals surface area contributed by atoms with E-state index in [1.54, 1.807) is 35.7 Å². The number of piperazine rings is 1. The van der Waals surface area contributed by atoms with Gasteiger partial charge in [0.1, 0.15) is 17.4 Å². The van der Waals surface area contributed by atoms with E-state index in [9.17, 15) is 8.42 Å². The van der Waals surface area contributed by atoms with Gasteiger partial charge in [0.15, 0.2) is 0 Å². The number of aromatic nitrogens is 2. The van der Waals surface area contributed by atoms with Gasteiger partial charge in [-0.3, -0.25) is 4.90 Å². The second kappa shape index (κ2) is 9.28. The molecule has 0 spiro atoms. The molecule has 2 saturated heterocycles. The fourth-order valence-corrected chi connectivity index (χ4v) is 7.48. The van der Waals surface area contributed by atoms with Gasteiger partial charge >= 0.3 is 0 Å². The maximum atomic E-state index is 13.2. The predicted molar refractivity (Wildman–Crippen MR) is 140 cm³/mol. The van der Waals surface area contributed by atoms with Gasteiger partial charge in [0.2, 0.25) is 10.0 Å². The molecule has 36 heavy (non-hydrogen) atoms. The maximum Gasteiger partial charge on any atom is 0.243 e. The molecule has 2 aliphatic heterocycles. The molecule has 190 valence electrons. The van der Waals surface area contributed by atoms with Crippen LogP contribution in [0.25, 0.3) is 10.9 Å². The van der Waals surface area contributed by atoms with Gasteiger partial charge in [-0.05, 0) is 68.5 Å². The number of sulfonamides is 1. The summed E-state index contributed by atoms with van der Waals surface area (Å²) in [6, 6.07) is 15.5. The van der Waals surface area contributed by atoms with E-state index < -0.39 is 10.0 Å². The molecular formula is C27H33N5O3S. The molecule has 1 aromatic heterocycles. The highest BCUT2D eigenvalue weighted by atomic mass is 32.2. The smallest absolute Gasteiger partial charge is 0.243 e. The van der Waals surface area contributed by atoms with Gasteiger partial charge < -0.3 is 9.64 Å². The van der Waals surface area contributed by atoms with Crippen LogP contribution in [0.3, 0.4) is 0 Å². The first-order valence-corrected chi connectivity index (χ1v) is 14.3. The fourth-order valence-electron chi connectivity index (χ4n) is 6.06. The van der Waals surface area contributed by atoms with Crippen molar-refractivity contribution in [3.63, 3.8) is 0 Å². The standard InChI is InChI=1S/C27H33N5O3S/c1-19(30-13-15-31(16-14-30)36(33,34)23-11-9-22(35-2)10-12-23)26-28-25-6-4-3-5-24(25)27(29-26)32-18-20-7-8-21(32)17-20/h3-6,9-12,19-21H,7-8,13-18H2,1-2H3. The van der Waals surface area contributed by atoms with Crippen LogP contribution in [0.1, 0.15) is 38.1 Å². The van der Waals surface area contributed by atoms with Crippen molar-refractivity contribution in [1.29, 1.82) is 0 Å². The molecule has 0 N–H and O–H groups in total. The van der Waals surface area contributed by atoms with Gasteiger partial charge in [0, 0.05) is 44.2 Å². The number of benzene rings is 2. The van der Waals surface area contributed by atoms with E-state index in [0.717, 1.165) is 35.0 Å². The first kappa shape index (κ1) is 23.6. The van der Waals surface area contributed by atoms with E-state index in [1.165, 1.54) is 19.3 Å². The van der Waals surface area contributed by atoms with Gasteiger partial charge in [0.25, 0.3) is 0 Å². The second-order valence-electron chi connectivity index (χ2n) is 10.2. The van der Waals surface area contributed by atoms with Crippen LogP contribution in [-0.4, -0.2) is 73.5 Å². The first-order valence-electron chi connectivity index (χ1n) is 12.9. The first-order chi connectivity index (χ1) is 17.4. The maximum absolute atomic E-state index is 13.2. The monoisotopic (exact) mass is 507 g/mol. The normalized spacial score (nSPS) is 23.9. The topological polar surface area (TPSA) is 78.9 Å². The Morgan fingerprint density at radius 3 is 2.39 bits per heavy atom. The van der Waals surface area contributed by atoms with E-state index in [0.29, 0.717) is 42.9 Å². The third-order valence-electron chi connectivity index (χ3n) is 8.17. The summed E-state index contributed by atoms with van der Waals surface area (Å²) < 4.78 is 33.1. The Morgan fingerprint density at radius 2 is 1.72 bits per heavy atom. The molecule has 1 saturated carbocycles. The summed E-state index contributed by atoms with van der Waals surface area (Å²) in [5, 5.41) is 1.12. The molecule has 0 amide bonds. The molecular weight excluding hydrogens is 474 g/mol. The van der Waals surface area contributed by atoms with Crippen molar-refractivity contribution in [2.45, 2.75) is 43.2 Å². The lowest BCUT2D eigenvalue weighted by Crippen LogP contribution is -2.49. The van der Waals surface area contributed by atoms with E-state index >= 15 is 0 Å². The van der Waals surface area contributed by atoms with Crippen LogP contribution < -0.4 is 9.64 Å². The number of fused-ring (bicyclic) bond motifs is 3. The van der Waals surface area contributed by atoms with Crippen LogP contribution in [0.5, 0.6) is 5.75 Å². The van der Waals surface area contributed by atoms with Crippen LogP contribution in [0, 0.1) is 5.92 Å². The highest BCUT2D eigenvalue weighted by Crippen LogP contribution is 2.41. The molecule has 3 aromatic rings. The number of hydrogen-bond acceptors (Lipinski definition) is 7. The highest BCUT2D eigenvalue weighted by Gasteiger charge is 2.39. The van der Waals surface area contributed by atoms with Crippen molar-refractivity contribution < 1.29 is 13.2 Å². The number of piperidine rings is 1. The van der Waals surface area contributed by atoms with E-state index in [2.05, 4.69) is 34.9 Å². The summed E-state index contributed by atoms with van der Waals surface area (Å²) in [4.78, 5) is 15.2. The lowest BCUT2D eigenvalue weighted by Gasteiger charge is -2.37. The highest BCUT2D eigenvalue weighted by molar-refractivity contribution is 7.89. The summed E-state index contributed by atoms with van der Waals surface area (Å²) >= 11 is 0. The summed E-state index contributed by atoms with van der Waals surface area (Å²) in [6.07, 6.45) is 3.85. The Bertz CT molecular complexity index is 1360. The number of hydrogen-bond donors (Lipinski definition) is 0. The van der Waals surface area contributed by atoms with Crippen molar-refractivity contribution in [3.05, 3.63) is 54.4 Å². The van der Waals surface area contributed by atoms with E-state index in [4.69, 9.17) is 14.7 Å². The molecule has 2 bridgehead atoms. The Labute approximate surface area is 212 Å². The summed E-state index contributed by atoms with van der Waals surface area (Å²) in [6.45, 7) is 5.37. The SMILES string of the molecule is COc1ccc(S(=O)(=O)N2CCN(C(C)c3nc(N4CC5CCC4C5)c4ccccc4n3)CC2)cc1. The molecule has 6 rings (SSSR count). The molecule has 1 aliphatic carbocycles. The lowest BCUT2D eigenvalue weighted by atomic mass is 10.1. The van der Waals surface area contributed by atoms with Crippen molar-refractivity contribution in [3.8, 4) is 5.75 Å². The van der Waals surface area contributed by atoms with Gasteiger partial charge in [-0.15, -0.1) is 0 Å². The molecule has 3 atom stereocenters. The minimum absolute atomic E-state index is 0.000938. The third kappa shape index (κ3) is 4.13. The average Bonchev–Trinajstić information content (AvgIpc) is 3.56. The molecule has 3 fully saturated rings. The van der Waals surface area contributed by atoms with Gasteiger partial charge in [-0.25, -0.2) is 18.4 Å². The van der Waals surface area contributed by atoms with E-state index in [-0.39, 0.29) is 6.04 Å². The quantitative estimate of drug-likeness (QED) is 0.503. The minimum Gasteiger partial charge on any atom is -0.497 e. The number of anilines is 1. The van der Waals surface area contributed by atoms with Gasteiger partial charge in [-0.2, -0.15) is 4.31 Å². The molecule has 0 radical (unpaired) electrons. The molecule has 2 aromatic carbocycles. The summed E-state index contributed by atoms with van der Waals surface area (Å²) in [5.41, 5.74) is 0.979. The van der Waals surface area contributed by atoms with Crippen LogP contribution in [0.2, 0.25) is 0 Å². The Balaban J connectivity index is 1.21. The van der Waals surface area contributed by atoms with Crippen LogP contribution in [-0.2, 0) is 10.0 Å². The van der Waals surface area contributed by atoms with Crippen LogP contribution >= 0.6 is 0 Å². The third-order valence-corrected chi connectivity index (χ3v) is 10.1. The van der Waals surface area contributed by atoms with Crippen molar-refractivity contribution >= 4 is 26.7 Å². The zero-order valence-corrected chi connectivity index (χ0v) is 21.7. The molecule has 3 heterocycles. The van der Waals surface area contributed by atoms with Crippen molar-refractivity contribution in [2.24, 2.45) is 5.92 Å². The molecule has 8 nitrogen and oxygen atoms in total. The number of ether oxygens (including phenoxy) is 1. The number of nitrogens with zero attached hydrogens (tertiary/aromatic N) is 5. The van der Waals surface area contributed by atoms with Crippen LogP contribution in [0.15, 0.2) is 53.4 Å². The minimum atomic E-state index is -3.54. The van der Waals surface area contributed by atoms with Gasteiger partial charge in [-0.1, -0.05) is 12.1 Å². The molecule has 9 heteroatoms. The average molecular weight is 508 g/mol. The second-order valence-corrected chi connectivity index (χ2v) is 12.1. The molecule has 3 unspecified atom stereocenters. The fraction of sp³-hybridized carbons (Fsp3) is 0.481. The predicted octanol–water partition coefficient (Wildman–Crippen LogP) is 3.69. The summed E-state index contributed by atoms with van der Waals surface area (Å²) in [5.74, 6) is 3.31. The number of rotatable bonds is 6.